The quantitative estimate of drug-likeness (QED) is 0.660. The summed E-state index contributed by atoms with van der Waals surface area (Å²) in [4.78, 5) is 13.2. The second-order valence-electron chi connectivity index (χ2n) is 5.88. The van der Waals surface area contributed by atoms with Gasteiger partial charge in [0.05, 0.1) is 4.92 Å². The molecule has 7 nitrogen and oxygen atoms in total. The Morgan fingerprint density at radius 3 is 2.75 bits per heavy atom. The Morgan fingerprint density at radius 2 is 2.25 bits per heavy atom. The van der Waals surface area contributed by atoms with Crippen LogP contribution >= 0.6 is 0 Å². The molecule has 1 aromatic rings. The third-order valence-electron chi connectivity index (χ3n) is 3.77. The zero-order valence-electron chi connectivity index (χ0n) is 12.6. The molecule has 112 valence electrons. The number of anilines is 1. The number of hydrogen-bond donors (Lipinski definition) is 1. The van der Waals surface area contributed by atoms with Crippen molar-refractivity contribution in [2.75, 3.05) is 32.0 Å². The van der Waals surface area contributed by atoms with E-state index in [1.807, 2.05) is 13.8 Å². The number of hydrogen-bond acceptors (Lipinski definition) is 5. The fourth-order valence-electron chi connectivity index (χ4n) is 2.73. The molecule has 2 heterocycles. The van der Waals surface area contributed by atoms with Gasteiger partial charge in [-0.15, -0.1) is 0 Å². The lowest BCUT2D eigenvalue weighted by Gasteiger charge is -2.15. The lowest BCUT2D eigenvalue weighted by molar-refractivity contribution is -0.384. The van der Waals surface area contributed by atoms with Crippen LogP contribution in [-0.2, 0) is 0 Å². The molecule has 0 bridgehead atoms. The summed E-state index contributed by atoms with van der Waals surface area (Å²) in [6.07, 6.45) is 1.13. The van der Waals surface area contributed by atoms with Crippen molar-refractivity contribution in [1.82, 2.24) is 14.7 Å². The number of aryl methyl sites for hydroxylation is 1. The molecular formula is C13H23N5O2. The summed E-state index contributed by atoms with van der Waals surface area (Å²) in [6, 6.07) is 0.0937. The molecule has 1 aliphatic heterocycles. The smallest absolute Gasteiger partial charge is 0.333 e. The highest BCUT2D eigenvalue weighted by Gasteiger charge is 2.27. The molecule has 1 aromatic heterocycles. The fraction of sp³-hybridized carbons (Fsp3) is 0.769. The number of aromatic nitrogens is 2. The molecule has 1 unspecified atom stereocenters. The first-order valence-electron chi connectivity index (χ1n) is 7.06. The standard InChI is InChI=1S/C13H23N5O2/c1-9(2)17-13(12(18(19)20)10(3)15-17)14-7-11-5-6-16(4)8-11/h9,11,14H,5-8H2,1-4H3. The summed E-state index contributed by atoms with van der Waals surface area (Å²) < 4.78 is 1.71. The van der Waals surface area contributed by atoms with Gasteiger partial charge < -0.3 is 10.2 Å². The van der Waals surface area contributed by atoms with E-state index in [9.17, 15) is 10.1 Å². The number of nitro groups is 1. The van der Waals surface area contributed by atoms with Crippen molar-refractivity contribution in [2.24, 2.45) is 5.92 Å². The Labute approximate surface area is 119 Å². The highest BCUT2D eigenvalue weighted by molar-refractivity contribution is 5.59. The van der Waals surface area contributed by atoms with Gasteiger partial charge >= 0.3 is 5.69 Å². The van der Waals surface area contributed by atoms with E-state index in [0.717, 1.165) is 26.1 Å². The van der Waals surface area contributed by atoms with E-state index >= 15 is 0 Å². The van der Waals surface area contributed by atoms with E-state index < -0.39 is 0 Å². The van der Waals surface area contributed by atoms with Crippen molar-refractivity contribution in [3.63, 3.8) is 0 Å². The van der Waals surface area contributed by atoms with Gasteiger partial charge in [-0.3, -0.25) is 10.1 Å². The monoisotopic (exact) mass is 281 g/mol. The molecule has 7 heteroatoms. The van der Waals surface area contributed by atoms with Gasteiger partial charge in [0.2, 0.25) is 5.82 Å². The van der Waals surface area contributed by atoms with E-state index in [1.165, 1.54) is 0 Å². The van der Waals surface area contributed by atoms with Crippen molar-refractivity contribution >= 4 is 11.5 Å². The van der Waals surface area contributed by atoms with Crippen molar-refractivity contribution in [3.8, 4) is 0 Å². The fourth-order valence-corrected chi connectivity index (χ4v) is 2.73. The minimum atomic E-state index is -0.343. The normalized spacial score (nSPS) is 19.8. The van der Waals surface area contributed by atoms with Crippen LogP contribution in [0.4, 0.5) is 11.5 Å². The van der Waals surface area contributed by atoms with Crippen LogP contribution in [0.3, 0.4) is 0 Å². The molecule has 0 aromatic carbocycles. The lowest BCUT2D eigenvalue weighted by atomic mass is 10.1. The first-order chi connectivity index (χ1) is 9.40. The molecule has 2 rings (SSSR count). The molecule has 1 N–H and O–H groups in total. The van der Waals surface area contributed by atoms with Crippen LogP contribution in [-0.4, -0.2) is 46.3 Å². The molecule has 0 radical (unpaired) electrons. The van der Waals surface area contributed by atoms with Gasteiger partial charge in [0.15, 0.2) is 0 Å². The van der Waals surface area contributed by atoms with Crippen molar-refractivity contribution in [2.45, 2.75) is 33.2 Å². The van der Waals surface area contributed by atoms with E-state index in [-0.39, 0.29) is 16.7 Å². The summed E-state index contributed by atoms with van der Waals surface area (Å²) in [5, 5.41) is 18.8. The maximum Gasteiger partial charge on any atom is 0.333 e. The maximum atomic E-state index is 11.2. The van der Waals surface area contributed by atoms with Gasteiger partial charge in [-0.25, -0.2) is 4.68 Å². The molecule has 1 saturated heterocycles. The van der Waals surface area contributed by atoms with Crippen molar-refractivity contribution in [3.05, 3.63) is 15.8 Å². The Balaban J connectivity index is 2.18. The SMILES string of the molecule is Cc1nn(C(C)C)c(NCC2CCN(C)C2)c1[N+](=O)[O-]. The number of rotatable bonds is 5. The van der Waals surface area contributed by atoms with Gasteiger partial charge in [0.25, 0.3) is 0 Å². The Kier molecular flexibility index (Phi) is 4.27. The number of nitrogens with one attached hydrogen (secondary N) is 1. The maximum absolute atomic E-state index is 11.2. The molecule has 1 aliphatic rings. The average Bonchev–Trinajstić information content (AvgIpc) is 2.90. The predicted molar refractivity (Wildman–Crippen MR) is 78.1 cm³/mol. The minimum absolute atomic E-state index is 0.0937. The number of nitrogens with zero attached hydrogens (tertiary/aromatic N) is 4. The Bertz CT molecular complexity index is 497. The van der Waals surface area contributed by atoms with Gasteiger partial charge in [-0.1, -0.05) is 0 Å². The van der Waals surface area contributed by atoms with Crippen LogP contribution < -0.4 is 5.32 Å². The average molecular weight is 281 g/mol. The highest BCUT2D eigenvalue weighted by Crippen LogP contribution is 2.31. The van der Waals surface area contributed by atoms with Gasteiger partial charge in [-0.05, 0) is 46.7 Å². The van der Waals surface area contributed by atoms with Crippen LogP contribution in [0.25, 0.3) is 0 Å². The zero-order chi connectivity index (χ0) is 14.9. The van der Waals surface area contributed by atoms with Crippen LogP contribution in [0.2, 0.25) is 0 Å². The van der Waals surface area contributed by atoms with Crippen LogP contribution in [0.5, 0.6) is 0 Å². The van der Waals surface area contributed by atoms with Gasteiger partial charge in [0.1, 0.15) is 5.69 Å². The van der Waals surface area contributed by atoms with Crippen LogP contribution in [0.15, 0.2) is 0 Å². The molecule has 0 saturated carbocycles. The molecule has 1 fully saturated rings. The summed E-state index contributed by atoms with van der Waals surface area (Å²) >= 11 is 0. The molecule has 0 aliphatic carbocycles. The zero-order valence-corrected chi connectivity index (χ0v) is 12.6. The minimum Gasteiger partial charge on any atom is -0.364 e. The highest BCUT2D eigenvalue weighted by atomic mass is 16.6. The Morgan fingerprint density at radius 1 is 1.55 bits per heavy atom. The number of likely N-dealkylation sites (tertiary alicyclic amines) is 1. The van der Waals surface area contributed by atoms with E-state index in [2.05, 4.69) is 22.4 Å². The molecule has 0 spiro atoms. The lowest BCUT2D eigenvalue weighted by Crippen LogP contribution is -2.21. The van der Waals surface area contributed by atoms with Crippen LogP contribution in [0, 0.1) is 23.0 Å². The summed E-state index contributed by atoms with van der Waals surface area (Å²) in [6.45, 7) is 8.52. The summed E-state index contributed by atoms with van der Waals surface area (Å²) in [5.41, 5.74) is 0.569. The first-order valence-corrected chi connectivity index (χ1v) is 7.06. The van der Waals surface area contributed by atoms with E-state index in [0.29, 0.717) is 17.4 Å². The third kappa shape index (κ3) is 2.92. The van der Waals surface area contributed by atoms with Crippen molar-refractivity contribution < 1.29 is 4.92 Å². The third-order valence-corrected chi connectivity index (χ3v) is 3.77. The van der Waals surface area contributed by atoms with Gasteiger partial charge in [0, 0.05) is 19.1 Å². The Hall–Kier alpha value is -1.63. The molecule has 1 atom stereocenters. The van der Waals surface area contributed by atoms with Gasteiger partial charge in [-0.2, -0.15) is 5.10 Å². The second kappa shape index (κ2) is 5.78. The summed E-state index contributed by atoms with van der Waals surface area (Å²) in [7, 11) is 2.10. The van der Waals surface area contributed by atoms with Crippen LogP contribution in [0.1, 0.15) is 32.0 Å². The topological polar surface area (TPSA) is 76.2 Å². The van der Waals surface area contributed by atoms with Crippen molar-refractivity contribution in [1.29, 1.82) is 0 Å². The molecular weight excluding hydrogens is 258 g/mol. The van der Waals surface area contributed by atoms with E-state index in [1.54, 1.807) is 11.6 Å². The van der Waals surface area contributed by atoms with E-state index in [4.69, 9.17) is 0 Å². The second-order valence-corrected chi connectivity index (χ2v) is 5.88. The first kappa shape index (κ1) is 14.8. The predicted octanol–water partition coefficient (Wildman–Crippen LogP) is 2.04. The summed E-state index contributed by atoms with van der Waals surface area (Å²) in [5.74, 6) is 1.08. The molecule has 0 amide bonds. The largest absolute Gasteiger partial charge is 0.364 e. The molecule has 20 heavy (non-hydrogen) atoms.